The zero-order chi connectivity index (χ0) is 29.4. The van der Waals surface area contributed by atoms with Crippen molar-refractivity contribution in [2.45, 2.75) is 19.0 Å². The van der Waals surface area contributed by atoms with E-state index in [0.29, 0.717) is 42.7 Å². The van der Waals surface area contributed by atoms with Gasteiger partial charge in [0.25, 0.3) is 0 Å². The predicted molar refractivity (Wildman–Crippen MR) is 162 cm³/mol. The van der Waals surface area contributed by atoms with Gasteiger partial charge >= 0.3 is 12.0 Å². The van der Waals surface area contributed by atoms with Crippen molar-refractivity contribution in [2.75, 3.05) is 68.6 Å². The van der Waals surface area contributed by atoms with Crippen molar-refractivity contribution in [3.05, 3.63) is 72.4 Å². The number of piperazine rings is 1. The highest BCUT2D eigenvalue weighted by Gasteiger charge is 2.40. The molecule has 4 heterocycles. The van der Waals surface area contributed by atoms with E-state index in [1.807, 2.05) is 34.6 Å². The summed E-state index contributed by atoms with van der Waals surface area (Å²) in [5.41, 5.74) is 4.64. The maximum atomic E-state index is 13.7. The maximum absolute atomic E-state index is 13.7. The molecule has 0 spiro atoms. The molecule has 0 aliphatic carbocycles. The topological polar surface area (TPSA) is 102 Å². The largest absolute Gasteiger partial charge is 0.495 e. The Labute approximate surface area is 246 Å². The third-order valence-corrected chi connectivity index (χ3v) is 8.43. The number of ether oxygens (including phenoxy) is 1. The van der Waals surface area contributed by atoms with Crippen molar-refractivity contribution < 1.29 is 19.6 Å². The number of nitrogens with two attached hydrogens (primary N) is 1. The number of benzene rings is 2. The Morgan fingerprint density at radius 2 is 1.83 bits per heavy atom. The molecule has 3 amide bonds. The van der Waals surface area contributed by atoms with E-state index in [-0.39, 0.29) is 18.0 Å². The molecule has 0 bridgehead atoms. The molecule has 0 unspecified atom stereocenters. The number of hydrogen-bond acceptors (Lipinski definition) is 7. The predicted octanol–water partition coefficient (Wildman–Crippen LogP) is 2.80. The van der Waals surface area contributed by atoms with Crippen LogP contribution in [0.5, 0.6) is 5.75 Å². The van der Waals surface area contributed by atoms with Gasteiger partial charge in [0.15, 0.2) is 5.82 Å². The molecule has 3 aliphatic heterocycles. The molecule has 1 atom stereocenters. The molecular formula is C31H37N8O3+. The number of likely N-dealkylation sites (N-methyl/N-ethyl adjacent to an activating group) is 1. The van der Waals surface area contributed by atoms with Crippen LogP contribution in [-0.4, -0.2) is 85.6 Å². The van der Waals surface area contributed by atoms with Crippen LogP contribution < -0.4 is 24.8 Å². The molecule has 0 radical (unpaired) electrons. The Bertz CT molecular complexity index is 1500. The first kappa shape index (κ1) is 27.7. The van der Waals surface area contributed by atoms with Crippen LogP contribution in [0.2, 0.25) is 0 Å². The van der Waals surface area contributed by atoms with Crippen molar-refractivity contribution >= 4 is 40.8 Å². The molecule has 2 aromatic carbocycles. The lowest BCUT2D eigenvalue weighted by Crippen LogP contribution is -2.72. The number of anilines is 3. The molecule has 6 rings (SSSR count). The fourth-order valence-electron chi connectivity index (χ4n) is 6.09. The monoisotopic (exact) mass is 569 g/mol. The van der Waals surface area contributed by atoms with E-state index >= 15 is 0 Å². The minimum Gasteiger partial charge on any atom is -0.495 e. The molecule has 2 N–H and O–H groups in total. The van der Waals surface area contributed by atoms with Crippen LogP contribution in [0.1, 0.15) is 23.6 Å². The summed E-state index contributed by atoms with van der Waals surface area (Å²) in [7, 11) is 5.49. The van der Waals surface area contributed by atoms with Crippen molar-refractivity contribution in [2.24, 2.45) is 0 Å². The minimum absolute atomic E-state index is 0.147. The first-order valence-corrected chi connectivity index (χ1v) is 14.3. The Kier molecular flexibility index (Phi) is 7.53. The van der Waals surface area contributed by atoms with Gasteiger partial charge in [-0.05, 0) is 37.7 Å². The third-order valence-electron chi connectivity index (χ3n) is 8.43. The first-order valence-electron chi connectivity index (χ1n) is 14.3. The number of amides is 3. The lowest BCUT2D eigenvalue weighted by Gasteiger charge is -2.43. The van der Waals surface area contributed by atoms with Gasteiger partial charge in [-0.3, -0.25) is 9.69 Å². The van der Waals surface area contributed by atoms with Crippen LogP contribution in [0.25, 0.3) is 0 Å². The van der Waals surface area contributed by atoms with E-state index in [2.05, 4.69) is 52.7 Å². The summed E-state index contributed by atoms with van der Waals surface area (Å²) < 4.78 is 5.61. The molecule has 11 nitrogen and oxygen atoms in total. The van der Waals surface area contributed by atoms with Crippen LogP contribution in [0, 0.1) is 0 Å². The summed E-state index contributed by atoms with van der Waals surface area (Å²) in [6.07, 6.45) is 3.71. The number of aromatic nitrogens is 2. The highest BCUT2D eigenvalue weighted by atomic mass is 16.5. The SMILES string of the molecule is C=CC(=O)N1CC[C@H](N2Cc3cnc([NH2+]c4ccc(N5CCN(C)CC5)cc4)nc3N(C)C2=O)c2cccc(OC)c21. The summed E-state index contributed by atoms with van der Waals surface area (Å²) in [5.74, 6) is 1.56. The summed E-state index contributed by atoms with van der Waals surface area (Å²) in [4.78, 5) is 45.7. The zero-order valence-electron chi connectivity index (χ0n) is 24.4. The smallest absolute Gasteiger partial charge is 0.332 e. The van der Waals surface area contributed by atoms with Crippen LogP contribution in [0.3, 0.4) is 0 Å². The number of urea groups is 1. The van der Waals surface area contributed by atoms with Gasteiger partial charge in [0.1, 0.15) is 11.4 Å². The normalized spacial score (nSPS) is 18.9. The van der Waals surface area contributed by atoms with Crippen molar-refractivity contribution in [1.29, 1.82) is 0 Å². The van der Waals surface area contributed by atoms with Crippen LogP contribution in [0.15, 0.2) is 61.3 Å². The standard InChI is InChI=1S/C31H36N8O3/c1-5-27(40)38-14-13-25(24-7-6-8-26(42-4)28(24)38)39-20-21-19-32-30(34-29(21)36(3)31(39)41)33-22-9-11-23(12-10-22)37-17-15-35(2)16-18-37/h5-12,19,25H,1,13-18,20H2,2-4H3,(H,32,33,34)/p+1/t25-/m0/s1. The van der Waals surface area contributed by atoms with Crippen molar-refractivity contribution in [3.8, 4) is 5.75 Å². The number of carbonyl (C=O) groups is 2. The van der Waals surface area contributed by atoms with Gasteiger partial charge in [0.2, 0.25) is 5.91 Å². The fraction of sp³-hybridized carbons (Fsp3) is 0.355. The number of fused-ring (bicyclic) bond motifs is 2. The summed E-state index contributed by atoms with van der Waals surface area (Å²) in [6, 6.07) is 13.7. The van der Waals surface area contributed by atoms with Crippen molar-refractivity contribution in [3.63, 3.8) is 0 Å². The lowest BCUT2D eigenvalue weighted by molar-refractivity contribution is -0.487. The number of carbonyl (C=O) groups excluding carboxylic acids is 2. The van der Waals surface area contributed by atoms with Gasteiger partial charge in [0.05, 0.1) is 25.4 Å². The van der Waals surface area contributed by atoms with Crippen molar-refractivity contribution in [1.82, 2.24) is 19.8 Å². The Morgan fingerprint density at radius 1 is 1.07 bits per heavy atom. The Morgan fingerprint density at radius 3 is 2.55 bits per heavy atom. The minimum atomic E-state index is -0.239. The average molecular weight is 570 g/mol. The van der Waals surface area contributed by atoms with E-state index in [9.17, 15) is 9.59 Å². The molecular weight excluding hydrogens is 532 g/mol. The van der Waals surface area contributed by atoms with Gasteiger partial charge in [-0.25, -0.2) is 10.1 Å². The number of methoxy groups -OCH3 is 1. The van der Waals surface area contributed by atoms with Gasteiger partial charge in [-0.2, -0.15) is 9.97 Å². The van der Waals surface area contributed by atoms with Gasteiger partial charge in [0, 0.05) is 74.9 Å². The summed E-state index contributed by atoms with van der Waals surface area (Å²) in [5, 5.41) is 1.94. The number of para-hydroxylation sites is 1. The van der Waals surface area contributed by atoms with Crippen LogP contribution >= 0.6 is 0 Å². The van der Waals surface area contributed by atoms with E-state index < -0.39 is 0 Å². The number of nitrogens with zero attached hydrogens (tertiary/aromatic N) is 7. The Hall–Kier alpha value is -4.48. The molecule has 1 fully saturated rings. The third kappa shape index (κ3) is 5.05. The number of hydrogen-bond donors (Lipinski definition) is 1. The molecule has 3 aromatic rings. The summed E-state index contributed by atoms with van der Waals surface area (Å²) >= 11 is 0. The van der Waals surface area contributed by atoms with Crippen LogP contribution in [0.4, 0.5) is 33.6 Å². The molecule has 3 aliphatic rings. The van der Waals surface area contributed by atoms with E-state index in [1.54, 1.807) is 24.0 Å². The second-order valence-electron chi connectivity index (χ2n) is 11.0. The van der Waals surface area contributed by atoms with Gasteiger partial charge in [-0.15, -0.1) is 0 Å². The second-order valence-corrected chi connectivity index (χ2v) is 11.0. The number of quaternary nitrogens is 1. The maximum Gasteiger partial charge on any atom is 0.332 e. The molecule has 1 saturated heterocycles. The summed E-state index contributed by atoms with van der Waals surface area (Å²) in [6.45, 7) is 8.65. The highest BCUT2D eigenvalue weighted by molar-refractivity contribution is 6.03. The quantitative estimate of drug-likeness (QED) is 0.360. The fourth-order valence-corrected chi connectivity index (χ4v) is 6.09. The lowest BCUT2D eigenvalue weighted by atomic mass is 9.93. The molecule has 11 heteroatoms. The molecule has 0 saturated carbocycles. The Balaban J connectivity index is 1.21. The van der Waals surface area contributed by atoms with E-state index in [0.717, 1.165) is 43.0 Å². The van der Waals surface area contributed by atoms with E-state index in [1.165, 1.54) is 11.8 Å². The molecule has 42 heavy (non-hydrogen) atoms. The van der Waals surface area contributed by atoms with Crippen LogP contribution in [-0.2, 0) is 11.3 Å². The zero-order valence-corrected chi connectivity index (χ0v) is 24.4. The first-order chi connectivity index (χ1) is 20.4. The number of rotatable bonds is 6. The van der Waals surface area contributed by atoms with Gasteiger partial charge < -0.3 is 24.3 Å². The van der Waals surface area contributed by atoms with Gasteiger partial charge in [-0.1, -0.05) is 18.7 Å². The molecule has 218 valence electrons. The van der Waals surface area contributed by atoms with E-state index in [4.69, 9.17) is 9.72 Å². The average Bonchev–Trinajstić information content (AvgIpc) is 3.02. The molecule has 1 aromatic heterocycles. The second kappa shape index (κ2) is 11.4. The highest BCUT2D eigenvalue weighted by Crippen LogP contribution is 2.45.